The van der Waals surface area contributed by atoms with Gasteiger partial charge in [-0.3, -0.25) is 0 Å². The highest BCUT2D eigenvalue weighted by Gasteiger charge is 2.09. The molecule has 0 saturated carbocycles. The van der Waals surface area contributed by atoms with Crippen molar-refractivity contribution in [3.63, 3.8) is 0 Å². The van der Waals surface area contributed by atoms with E-state index in [1.807, 2.05) is 30.3 Å². The standard InChI is InChI=1S/C14H13BrClNO/c1-9(10-5-7-11(18)8-6-10)17-13-4-2-3-12(16)14(13)15/h2-9,17-18H,1H3. The lowest BCUT2D eigenvalue weighted by Gasteiger charge is -2.17. The van der Waals surface area contributed by atoms with Crippen molar-refractivity contribution >= 4 is 33.2 Å². The number of anilines is 1. The Balaban J connectivity index is 2.18. The van der Waals surface area contributed by atoms with Gasteiger partial charge in [0.1, 0.15) is 5.75 Å². The lowest BCUT2D eigenvalue weighted by Crippen LogP contribution is -2.06. The van der Waals surface area contributed by atoms with Gasteiger partial charge in [0.05, 0.1) is 15.2 Å². The zero-order chi connectivity index (χ0) is 13.1. The van der Waals surface area contributed by atoms with Crippen molar-refractivity contribution in [3.05, 3.63) is 57.5 Å². The zero-order valence-corrected chi connectivity index (χ0v) is 12.2. The van der Waals surface area contributed by atoms with Crippen LogP contribution in [-0.2, 0) is 0 Å². The van der Waals surface area contributed by atoms with Gasteiger partial charge in [-0.1, -0.05) is 29.8 Å². The van der Waals surface area contributed by atoms with Crippen LogP contribution >= 0.6 is 27.5 Å². The predicted molar refractivity (Wildman–Crippen MR) is 79.3 cm³/mol. The third-order valence-electron chi connectivity index (χ3n) is 2.72. The molecule has 1 atom stereocenters. The molecule has 0 bridgehead atoms. The Morgan fingerprint density at radius 1 is 1.17 bits per heavy atom. The molecule has 0 saturated heterocycles. The van der Waals surface area contributed by atoms with Crippen molar-refractivity contribution in [2.75, 3.05) is 5.32 Å². The smallest absolute Gasteiger partial charge is 0.115 e. The summed E-state index contributed by atoms with van der Waals surface area (Å²) in [5.74, 6) is 0.273. The maximum absolute atomic E-state index is 9.26. The fourth-order valence-corrected chi connectivity index (χ4v) is 2.25. The molecule has 0 spiro atoms. The summed E-state index contributed by atoms with van der Waals surface area (Å²) in [5.41, 5.74) is 2.04. The third-order valence-corrected chi connectivity index (χ3v) is 4.11. The molecule has 0 radical (unpaired) electrons. The summed E-state index contributed by atoms with van der Waals surface area (Å²) in [4.78, 5) is 0. The van der Waals surface area contributed by atoms with Crippen molar-refractivity contribution in [1.82, 2.24) is 0 Å². The molecule has 0 amide bonds. The first kappa shape index (κ1) is 13.2. The summed E-state index contributed by atoms with van der Waals surface area (Å²) < 4.78 is 0.859. The van der Waals surface area contributed by atoms with Crippen LogP contribution in [0, 0.1) is 0 Å². The molecule has 2 aromatic rings. The maximum atomic E-state index is 9.26. The predicted octanol–water partition coefficient (Wildman–Crippen LogP) is 4.98. The van der Waals surface area contributed by atoms with E-state index in [0.717, 1.165) is 15.7 Å². The van der Waals surface area contributed by atoms with Gasteiger partial charge in [0.2, 0.25) is 0 Å². The fraction of sp³-hybridized carbons (Fsp3) is 0.143. The van der Waals surface area contributed by atoms with Crippen LogP contribution in [0.15, 0.2) is 46.9 Å². The van der Waals surface area contributed by atoms with Gasteiger partial charge < -0.3 is 10.4 Å². The molecule has 0 aliphatic carbocycles. The molecule has 0 heterocycles. The number of benzene rings is 2. The molecule has 0 aliphatic heterocycles. The molecule has 4 heteroatoms. The first-order valence-electron chi connectivity index (χ1n) is 5.57. The Labute approximate surface area is 120 Å². The molecule has 18 heavy (non-hydrogen) atoms. The topological polar surface area (TPSA) is 32.3 Å². The van der Waals surface area contributed by atoms with Gasteiger partial charge in [-0.25, -0.2) is 0 Å². The zero-order valence-electron chi connectivity index (χ0n) is 9.82. The number of hydrogen-bond acceptors (Lipinski definition) is 2. The summed E-state index contributed by atoms with van der Waals surface area (Å²) in [6.07, 6.45) is 0. The summed E-state index contributed by atoms with van der Waals surface area (Å²) in [5, 5.41) is 13.3. The van der Waals surface area contributed by atoms with Gasteiger partial charge in [-0.05, 0) is 52.7 Å². The number of phenols is 1. The Morgan fingerprint density at radius 2 is 1.83 bits per heavy atom. The minimum atomic E-state index is 0.125. The van der Waals surface area contributed by atoms with Crippen LogP contribution in [0.4, 0.5) is 5.69 Å². The quantitative estimate of drug-likeness (QED) is 0.833. The molecule has 94 valence electrons. The van der Waals surface area contributed by atoms with Crippen LogP contribution in [0.2, 0.25) is 5.02 Å². The Bertz CT molecular complexity index is 542. The summed E-state index contributed by atoms with van der Waals surface area (Å²) in [6, 6.07) is 13.0. The molecule has 0 aromatic heterocycles. The molecule has 2 nitrogen and oxygen atoms in total. The lowest BCUT2D eigenvalue weighted by atomic mass is 10.1. The van der Waals surface area contributed by atoms with Crippen LogP contribution in [0.25, 0.3) is 0 Å². The van der Waals surface area contributed by atoms with Crippen LogP contribution in [0.5, 0.6) is 5.75 Å². The van der Waals surface area contributed by atoms with E-state index in [1.54, 1.807) is 12.1 Å². The minimum absolute atomic E-state index is 0.125. The van der Waals surface area contributed by atoms with E-state index in [9.17, 15) is 5.11 Å². The second-order valence-corrected chi connectivity index (χ2v) is 5.26. The van der Waals surface area contributed by atoms with Crippen molar-refractivity contribution < 1.29 is 5.11 Å². The highest BCUT2D eigenvalue weighted by molar-refractivity contribution is 9.10. The van der Waals surface area contributed by atoms with Crippen molar-refractivity contribution in [2.45, 2.75) is 13.0 Å². The van der Waals surface area contributed by atoms with Crippen LogP contribution in [0.3, 0.4) is 0 Å². The van der Waals surface area contributed by atoms with Gasteiger partial charge in [-0.2, -0.15) is 0 Å². The van der Waals surface area contributed by atoms with Gasteiger partial charge >= 0.3 is 0 Å². The van der Waals surface area contributed by atoms with E-state index in [4.69, 9.17) is 11.6 Å². The van der Waals surface area contributed by atoms with Gasteiger partial charge in [0.25, 0.3) is 0 Å². The normalized spacial score (nSPS) is 12.2. The van der Waals surface area contributed by atoms with Gasteiger partial charge in [0, 0.05) is 6.04 Å². The molecule has 2 aromatic carbocycles. The monoisotopic (exact) mass is 325 g/mol. The number of aromatic hydroxyl groups is 1. The molecule has 0 aliphatic rings. The summed E-state index contributed by atoms with van der Waals surface area (Å²) in [6.45, 7) is 2.06. The van der Waals surface area contributed by atoms with E-state index >= 15 is 0 Å². The second kappa shape index (κ2) is 5.63. The average Bonchev–Trinajstić information content (AvgIpc) is 2.36. The number of nitrogens with one attached hydrogen (secondary N) is 1. The summed E-state index contributed by atoms with van der Waals surface area (Å²) >= 11 is 9.50. The van der Waals surface area contributed by atoms with E-state index < -0.39 is 0 Å². The van der Waals surface area contributed by atoms with Gasteiger partial charge in [-0.15, -0.1) is 0 Å². The fourth-order valence-electron chi connectivity index (χ4n) is 1.69. The lowest BCUT2D eigenvalue weighted by molar-refractivity contribution is 0.475. The van der Waals surface area contributed by atoms with Crippen LogP contribution < -0.4 is 5.32 Å². The first-order chi connectivity index (χ1) is 8.58. The average molecular weight is 327 g/mol. The second-order valence-electron chi connectivity index (χ2n) is 4.06. The van der Waals surface area contributed by atoms with E-state index in [2.05, 4.69) is 28.2 Å². The highest BCUT2D eigenvalue weighted by Crippen LogP contribution is 2.32. The SMILES string of the molecule is CC(Nc1cccc(Cl)c1Br)c1ccc(O)cc1. The minimum Gasteiger partial charge on any atom is -0.508 e. The number of halogens is 2. The number of hydrogen-bond donors (Lipinski definition) is 2. The molecular formula is C14H13BrClNO. The van der Waals surface area contributed by atoms with Crippen molar-refractivity contribution in [1.29, 1.82) is 0 Å². The van der Waals surface area contributed by atoms with E-state index in [-0.39, 0.29) is 11.8 Å². The summed E-state index contributed by atoms with van der Waals surface area (Å²) in [7, 11) is 0. The van der Waals surface area contributed by atoms with Crippen LogP contribution in [0.1, 0.15) is 18.5 Å². The number of phenolic OH excluding ortho intramolecular Hbond substituents is 1. The Hall–Kier alpha value is -1.19. The Morgan fingerprint density at radius 3 is 2.50 bits per heavy atom. The maximum Gasteiger partial charge on any atom is 0.115 e. The third kappa shape index (κ3) is 2.98. The van der Waals surface area contributed by atoms with Crippen molar-refractivity contribution in [3.8, 4) is 5.75 Å². The van der Waals surface area contributed by atoms with E-state index in [0.29, 0.717) is 5.02 Å². The molecular weight excluding hydrogens is 314 g/mol. The molecule has 2 rings (SSSR count). The van der Waals surface area contributed by atoms with E-state index in [1.165, 1.54) is 0 Å². The first-order valence-corrected chi connectivity index (χ1v) is 6.74. The molecule has 0 fully saturated rings. The highest BCUT2D eigenvalue weighted by atomic mass is 79.9. The van der Waals surface area contributed by atoms with Gasteiger partial charge in [0.15, 0.2) is 0 Å². The molecule has 1 unspecified atom stereocenters. The Kier molecular flexibility index (Phi) is 4.15. The van der Waals surface area contributed by atoms with Crippen LogP contribution in [-0.4, -0.2) is 5.11 Å². The largest absolute Gasteiger partial charge is 0.508 e. The number of rotatable bonds is 3. The molecule has 2 N–H and O–H groups in total. The van der Waals surface area contributed by atoms with Crippen molar-refractivity contribution in [2.24, 2.45) is 0 Å².